The van der Waals surface area contributed by atoms with E-state index >= 15 is 0 Å². The molecule has 1 fully saturated rings. The summed E-state index contributed by atoms with van der Waals surface area (Å²) in [7, 11) is 0. The van der Waals surface area contributed by atoms with Gasteiger partial charge in [0.05, 0.1) is 0 Å². The standard InChI is InChI=1S/C17H27N/c1-4-18-17(16-7-5-6-14(16)3)12-15-10-8-13(2)9-11-15/h8-11,14,16-18H,4-7,12H2,1-3H3. The number of nitrogens with one attached hydrogen (secondary N) is 1. The Morgan fingerprint density at radius 3 is 2.50 bits per heavy atom. The summed E-state index contributed by atoms with van der Waals surface area (Å²) in [6, 6.07) is 9.71. The summed E-state index contributed by atoms with van der Waals surface area (Å²) in [4.78, 5) is 0. The van der Waals surface area contributed by atoms with Crippen LogP contribution in [0.1, 0.15) is 44.2 Å². The van der Waals surface area contributed by atoms with Crippen molar-refractivity contribution in [2.75, 3.05) is 6.54 Å². The molecule has 18 heavy (non-hydrogen) atoms. The van der Waals surface area contributed by atoms with Crippen molar-refractivity contribution in [3.8, 4) is 0 Å². The van der Waals surface area contributed by atoms with Crippen LogP contribution in [-0.4, -0.2) is 12.6 Å². The van der Waals surface area contributed by atoms with Crippen LogP contribution in [-0.2, 0) is 6.42 Å². The van der Waals surface area contributed by atoms with E-state index in [9.17, 15) is 0 Å². The third-order valence-electron chi connectivity index (χ3n) is 4.49. The van der Waals surface area contributed by atoms with E-state index in [0.717, 1.165) is 18.4 Å². The maximum Gasteiger partial charge on any atom is 0.0138 e. The third kappa shape index (κ3) is 3.35. The summed E-state index contributed by atoms with van der Waals surface area (Å²) in [6.45, 7) is 7.89. The monoisotopic (exact) mass is 245 g/mol. The number of rotatable bonds is 5. The molecule has 100 valence electrons. The zero-order chi connectivity index (χ0) is 13.0. The van der Waals surface area contributed by atoms with Crippen molar-refractivity contribution < 1.29 is 0 Å². The summed E-state index contributed by atoms with van der Waals surface area (Å²) in [5.41, 5.74) is 2.83. The lowest BCUT2D eigenvalue weighted by Gasteiger charge is -2.28. The van der Waals surface area contributed by atoms with Gasteiger partial charge in [0.25, 0.3) is 0 Å². The lowest BCUT2D eigenvalue weighted by molar-refractivity contribution is 0.298. The van der Waals surface area contributed by atoms with Gasteiger partial charge in [0, 0.05) is 6.04 Å². The van der Waals surface area contributed by atoms with Gasteiger partial charge < -0.3 is 5.32 Å². The van der Waals surface area contributed by atoms with Gasteiger partial charge in [-0.15, -0.1) is 0 Å². The minimum atomic E-state index is 0.662. The number of benzene rings is 1. The molecule has 0 bridgehead atoms. The second-order valence-corrected chi connectivity index (χ2v) is 5.93. The van der Waals surface area contributed by atoms with Gasteiger partial charge in [-0.25, -0.2) is 0 Å². The molecule has 0 saturated heterocycles. The smallest absolute Gasteiger partial charge is 0.0138 e. The molecule has 1 saturated carbocycles. The third-order valence-corrected chi connectivity index (χ3v) is 4.49. The molecule has 1 heteroatoms. The zero-order valence-electron chi connectivity index (χ0n) is 12.1. The maximum absolute atomic E-state index is 3.72. The van der Waals surface area contributed by atoms with Crippen LogP contribution in [0.25, 0.3) is 0 Å². The molecule has 0 aliphatic heterocycles. The largest absolute Gasteiger partial charge is 0.314 e. The molecule has 0 amide bonds. The van der Waals surface area contributed by atoms with Crippen LogP contribution >= 0.6 is 0 Å². The minimum Gasteiger partial charge on any atom is -0.314 e. The molecular weight excluding hydrogens is 218 g/mol. The van der Waals surface area contributed by atoms with E-state index in [-0.39, 0.29) is 0 Å². The van der Waals surface area contributed by atoms with Crippen LogP contribution in [0, 0.1) is 18.8 Å². The fourth-order valence-corrected chi connectivity index (χ4v) is 3.39. The lowest BCUT2D eigenvalue weighted by atomic mass is 9.86. The summed E-state index contributed by atoms with van der Waals surface area (Å²) in [5, 5.41) is 3.72. The van der Waals surface area contributed by atoms with Crippen LogP contribution in [0.5, 0.6) is 0 Å². The van der Waals surface area contributed by atoms with Crippen molar-refractivity contribution in [1.29, 1.82) is 0 Å². The first kappa shape index (κ1) is 13.6. The van der Waals surface area contributed by atoms with Crippen molar-refractivity contribution in [1.82, 2.24) is 5.32 Å². The quantitative estimate of drug-likeness (QED) is 0.828. The SMILES string of the molecule is CCNC(Cc1ccc(C)cc1)C1CCCC1C. The van der Waals surface area contributed by atoms with Gasteiger partial charge >= 0.3 is 0 Å². The van der Waals surface area contributed by atoms with Crippen LogP contribution in [0.15, 0.2) is 24.3 Å². The topological polar surface area (TPSA) is 12.0 Å². The maximum atomic E-state index is 3.72. The number of hydrogen-bond donors (Lipinski definition) is 1. The molecule has 1 nitrogen and oxygen atoms in total. The Kier molecular flexibility index (Phi) is 4.82. The van der Waals surface area contributed by atoms with Gasteiger partial charge in [-0.3, -0.25) is 0 Å². The van der Waals surface area contributed by atoms with Crippen LogP contribution < -0.4 is 5.32 Å². The molecule has 0 aromatic heterocycles. The lowest BCUT2D eigenvalue weighted by Crippen LogP contribution is -2.39. The highest BCUT2D eigenvalue weighted by atomic mass is 14.9. The summed E-state index contributed by atoms with van der Waals surface area (Å²) >= 11 is 0. The Bertz CT molecular complexity index is 354. The highest BCUT2D eigenvalue weighted by molar-refractivity contribution is 5.22. The van der Waals surface area contributed by atoms with Crippen molar-refractivity contribution in [2.45, 2.75) is 52.5 Å². The average Bonchev–Trinajstić information content (AvgIpc) is 2.78. The Morgan fingerprint density at radius 2 is 1.94 bits per heavy atom. The molecule has 0 radical (unpaired) electrons. The molecule has 3 atom stereocenters. The summed E-state index contributed by atoms with van der Waals surface area (Å²) < 4.78 is 0. The number of hydrogen-bond acceptors (Lipinski definition) is 1. The van der Waals surface area contributed by atoms with E-state index in [2.05, 4.69) is 50.4 Å². The van der Waals surface area contributed by atoms with E-state index in [4.69, 9.17) is 0 Å². The van der Waals surface area contributed by atoms with Crippen LogP contribution in [0.4, 0.5) is 0 Å². The molecule has 0 spiro atoms. The second-order valence-electron chi connectivity index (χ2n) is 5.93. The van der Waals surface area contributed by atoms with E-state index in [1.54, 1.807) is 0 Å². The predicted octanol–water partition coefficient (Wildman–Crippen LogP) is 3.95. The Morgan fingerprint density at radius 1 is 1.22 bits per heavy atom. The van der Waals surface area contributed by atoms with Gasteiger partial charge in [-0.1, -0.05) is 56.5 Å². The molecule has 1 aromatic carbocycles. The molecule has 1 aromatic rings. The first-order valence-corrected chi connectivity index (χ1v) is 7.49. The van der Waals surface area contributed by atoms with Crippen molar-refractivity contribution >= 4 is 0 Å². The molecular formula is C17H27N. The molecule has 3 unspecified atom stereocenters. The Hall–Kier alpha value is -0.820. The molecule has 2 rings (SSSR count). The van der Waals surface area contributed by atoms with Crippen molar-refractivity contribution in [3.63, 3.8) is 0 Å². The van der Waals surface area contributed by atoms with Crippen LogP contribution in [0.2, 0.25) is 0 Å². The fourth-order valence-electron chi connectivity index (χ4n) is 3.39. The van der Waals surface area contributed by atoms with Crippen molar-refractivity contribution in [3.05, 3.63) is 35.4 Å². The Labute approximate surface area is 112 Å². The highest BCUT2D eigenvalue weighted by Gasteiger charge is 2.30. The minimum absolute atomic E-state index is 0.662. The number of likely N-dealkylation sites (N-methyl/N-ethyl adjacent to an activating group) is 1. The van der Waals surface area contributed by atoms with Crippen molar-refractivity contribution in [2.24, 2.45) is 11.8 Å². The molecule has 1 N–H and O–H groups in total. The second kappa shape index (κ2) is 6.38. The van der Waals surface area contributed by atoms with Gasteiger partial charge in [0.1, 0.15) is 0 Å². The van der Waals surface area contributed by atoms with E-state index in [1.807, 2.05) is 0 Å². The highest BCUT2D eigenvalue weighted by Crippen LogP contribution is 2.34. The first-order valence-electron chi connectivity index (χ1n) is 7.49. The number of aryl methyl sites for hydroxylation is 1. The van der Waals surface area contributed by atoms with Crippen LogP contribution in [0.3, 0.4) is 0 Å². The first-order chi connectivity index (χ1) is 8.70. The Balaban J connectivity index is 2.03. The van der Waals surface area contributed by atoms with Gasteiger partial charge in [-0.2, -0.15) is 0 Å². The van der Waals surface area contributed by atoms with Gasteiger partial charge in [0.2, 0.25) is 0 Å². The predicted molar refractivity (Wildman–Crippen MR) is 78.9 cm³/mol. The average molecular weight is 245 g/mol. The van der Waals surface area contributed by atoms with E-state index in [1.165, 1.54) is 36.8 Å². The molecule has 0 heterocycles. The molecule has 1 aliphatic rings. The van der Waals surface area contributed by atoms with E-state index in [0.29, 0.717) is 6.04 Å². The molecule has 1 aliphatic carbocycles. The van der Waals surface area contributed by atoms with E-state index < -0.39 is 0 Å². The fraction of sp³-hybridized carbons (Fsp3) is 0.647. The van der Waals surface area contributed by atoms with Gasteiger partial charge in [-0.05, 0) is 43.7 Å². The normalized spacial score (nSPS) is 25.3. The zero-order valence-corrected chi connectivity index (χ0v) is 12.1. The van der Waals surface area contributed by atoms with Gasteiger partial charge in [0.15, 0.2) is 0 Å². The summed E-state index contributed by atoms with van der Waals surface area (Å²) in [6.07, 6.45) is 5.43. The summed E-state index contributed by atoms with van der Waals surface area (Å²) in [5.74, 6) is 1.76.